The van der Waals surface area contributed by atoms with Gasteiger partial charge in [0.2, 0.25) is 0 Å². The first-order chi connectivity index (χ1) is 9.22. The van der Waals surface area contributed by atoms with Crippen LogP contribution in [0.2, 0.25) is 0 Å². The van der Waals surface area contributed by atoms with Crippen molar-refractivity contribution < 1.29 is 4.21 Å². The molecular weight excluding hydrogens is 324 g/mol. The molecule has 1 aliphatic heterocycles. The molecule has 1 N–H and O–H groups in total. The van der Waals surface area contributed by atoms with Gasteiger partial charge in [0.1, 0.15) is 0 Å². The van der Waals surface area contributed by atoms with Gasteiger partial charge in [0.15, 0.2) is 0 Å². The maximum Gasteiger partial charge on any atom is 0.0411 e. The molecule has 0 spiro atoms. The summed E-state index contributed by atoms with van der Waals surface area (Å²) in [6.45, 7) is 2.74. The molecule has 0 radical (unpaired) electrons. The number of halogens is 1. The molecule has 5 heteroatoms. The predicted octanol–water partition coefficient (Wildman–Crippen LogP) is 2.27. The minimum atomic E-state index is -0.609. The molecule has 0 unspecified atom stereocenters. The smallest absolute Gasteiger partial charge is 0.0411 e. The van der Waals surface area contributed by atoms with Crippen LogP contribution in [0.25, 0.3) is 0 Å². The van der Waals surface area contributed by atoms with Crippen molar-refractivity contribution in [3.05, 3.63) is 28.2 Å². The molecule has 1 saturated heterocycles. The van der Waals surface area contributed by atoms with Gasteiger partial charge in [0.05, 0.1) is 0 Å². The summed E-state index contributed by atoms with van der Waals surface area (Å²) in [5.74, 6) is 1.59. The van der Waals surface area contributed by atoms with E-state index < -0.39 is 10.8 Å². The lowest BCUT2D eigenvalue weighted by atomic mass is 10.2. The van der Waals surface area contributed by atoms with E-state index in [1.54, 1.807) is 0 Å². The molecule has 104 valence electrons. The van der Waals surface area contributed by atoms with Crippen molar-refractivity contribution in [3.8, 4) is 0 Å². The second-order valence-electron chi connectivity index (χ2n) is 5.27. The van der Waals surface area contributed by atoms with Crippen molar-refractivity contribution in [2.24, 2.45) is 0 Å². The number of hydrogen-bond acceptors (Lipinski definition) is 3. The normalized spacial score (nSPS) is 20.8. The van der Waals surface area contributed by atoms with Crippen molar-refractivity contribution in [2.45, 2.75) is 25.4 Å². The molecule has 3 rings (SSSR count). The van der Waals surface area contributed by atoms with Gasteiger partial charge in [-0.1, -0.05) is 22.0 Å². The second-order valence-corrected chi connectivity index (χ2v) is 7.82. The van der Waals surface area contributed by atoms with Crippen LogP contribution in [0, 0.1) is 0 Å². The first-order valence-electron chi connectivity index (χ1n) is 6.84. The fourth-order valence-corrected chi connectivity index (χ4v) is 3.87. The van der Waals surface area contributed by atoms with Crippen LogP contribution in [0.15, 0.2) is 22.7 Å². The summed E-state index contributed by atoms with van der Waals surface area (Å²) in [4.78, 5) is 2.32. The Kier molecular flexibility index (Phi) is 4.24. The zero-order valence-corrected chi connectivity index (χ0v) is 13.3. The average molecular weight is 343 g/mol. The van der Waals surface area contributed by atoms with E-state index in [0.717, 1.165) is 37.2 Å². The molecule has 0 bridgehead atoms. The molecule has 1 saturated carbocycles. The van der Waals surface area contributed by atoms with Crippen LogP contribution in [0.3, 0.4) is 0 Å². The SMILES string of the molecule is O=S1CCN(c2ccc(CNC3CC3)c(Br)c2)CC1. The lowest BCUT2D eigenvalue weighted by Crippen LogP contribution is -2.37. The van der Waals surface area contributed by atoms with Gasteiger partial charge < -0.3 is 10.2 Å². The van der Waals surface area contributed by atoms with Gasteiger partial charge in [-0.25, -0.2) is 0 Å². The van der Waals surface area contributed by atoms with E-state index in [0.29, 0.717) is 0 Å². The summed E-state index contributed by atoms with van der Waals surface area (Å²) in [5, 5.41) is 3.53. The number of nitrogens with zero attached hydrogens (tertiary/aromatic N) is 1. The fourth-order valence-electron chi connectivity index (χ4n) is 2.31. The Hall–Kier alpha value is -0.390. The topological polar surface area (TPSA) is 32.3 Å². The van der Waals surface area contributed by atoms with E-state index >= 15 is 0 Å². The van der Waals surface area contributed by atoms with Crippen molar-refractivity contribution in [2.75, 3.05) is 29.5 Å². The molecule has 1 aromatic rings. The highest BCUT2D eigenvalue weighted by Crippen LogP contribution is 2.26. The van der Waals surface area contributed by atoms with E-state index in [1.165, 1.54) is 28.6 Å². The van der Waals surface area contributed by atoms with Crippen LogP contribution >= 0.6 is 15.9 Å². The highest BCUT2D eigenvalue weighted by Gasteiger charge is 2.20. The molecular formula is C14H19BrN2OS. The molecule has 0 atom stereocenters. The predicted molar refractivity (Wildman–Crippen MR) is 84.1 cm³/mol. The maximum atomic E-state index is 11.4. The lowest BCUT2D eigenvalue weighted by Gasteiger charge is -2.28. The highest BCUT2D eigenvalue weighted by atomic mass is 79.9. The highest BCUT2D eigenvalue weighted by molar-refractivity contribution is 9.10. The Balaban J connectivity index is 1.65. The van der Waals surface area contributed by atoms with Gasteiger partial charge in [0.25, 0.3) is 0 Å². The zero-order chi connectivity index (χ0) is 13.2. The Labute approximate surface area is 125 Å². The standard InChI is InChI=1S/C14H19BrN2OS/c15-14-9-13(17-5-7-19(18)8-6-17)4-1-11(14)10-16-12-2-3-12/h1,4,9,12,16H,2-3,5-8,10H2. The Morgan fingerprint density at radius 2 is 2.05 bits per heavy atom. The Morgan fingerprint density at radius 3 is 2.68 bits per heavy atom. The van der Waals surface area contributed by atoms with Crippen molar-refractivity contribution in [1.82, 2.24) is 5.32 Å². The molecule has 2 fully saturated rings. The molecule has 1 aromatic carbocycles. The maximum absolute atomic E-state index is 11.4. The average Bonchev–Trinajstić information content (AvgIpc) is 3.22. The summed E-state index contributed by atoms with van der Waals surface area (Å²) in [6, 6.07) is 7.31. The second kappa shape index (κ2) is 5.94. The van der Waals surface area contributed by atoms with Gasteiger partial charge in [-0.05, 0) is 30.5 Å². The summed E-state index contributed by atoms with van der Waals surface area (Å²) in [5.41, 5.74) is 2.55. The summed E-state index contributed by atoms with van der Waals surface area (Å²) >= 11 is 3.67. The van der Waals surface area contributed by atoms with Crippen molar-refractivity contribution in [3.63, 3.8) is 0 Å². The van der Waals surface area contributed by atoms with Crippen LogP contribution in [-0.4, -0.2) is 34.8 Å². The van der Waals surface area contributed by atoms with Gasteiger partial charge in [-0.2, -0.15) is 0 Å². The minimum absolute atomic E-state index is 0.609. The van der Waals surface area contributed by atoms with Crippen molar-refractivity contribution in [1.29, 1.82) is 0 Å². The summed E-state index contributed by atoms with van der Waals surface area (Å²) in [7, 11) is -0.609. The zero-order valence-electron chi connectivity index (χ0n) is 10.9. The molecule has 2 aliphatic rings. The van der Waals surface area contributed by atoms with E-state index in [9.17, 15) is 4.21 Å². The number of benzene rings is 1. The lowest BCUT2D eigenvalue weighted by molar-refractivity contribution is 0.673. The quantitative estimate of drug-likeness (QED) is 0.910. The third kappa shape index (κ3) is 3.58. The molecule has 0 amide bonds. The largest absolute Gasteiger partial charge is 0.370 e. The van der Waals surface area contributed by atoms with Gasteiger partial charge >= 0.3 is 0 Å². The summed E-state index contributed by atoms with van der Waals surface area (Å²) in [6.07, 6.45) is 2.64. The first-order valence-corrected chi connectivity index (χ1v) is 9.12. The number of hydrogen-bond donors (Lipinski definition) is 1. The van der Waals surface area contributed by atoms with Gasteiger partial charge in [-0.15, -0.1) is 0 Å². The molecule has 3 nitrogen and oxygen atoms in total. The van der Waals surface area contributed by atoms with Crippen LogP contribution < -0.4 is 10.2 Å². The van der Waals surface area contributed by atoms with Crippen molar-refractivity contribution >= 4 is 32.4 Å². The van der Waals surface area contributed by atoms with Gasteiger partial charge in [0, 0.05) is 58.1 Å². The Morgan fingerprint density at radius 1 is 1.32 bits per heavy atom. The van der Waals surface area contributed by atoms with E-state index in [4.69, 9.17) is 0 Å². The number of anilines is 1. The Bertz CT molecular complexity index is 480. The molecule has 1 heterocycles. The molecule has 19 heavy (non-hydrogen) atoms. The number of rotatable bonds is 4. The monoisotopic (exact) mass is 342 g/mol. The minimum Gasteiger partial charge on any atom is -0.370 e. The van der Waals surface area contributed by atoms with Crippen LogP contribution in [0.5, 0.6) is 0 Å². The molecule has 1 aliphatic carbocycles. The van der Waals surface area contributed by atoms with Crippen LogP contribution in [0.1, 0.15) is 18.4 Å². The fraction of sp³-hybridized carbons (Fsp3) is 0.571. The van der Waals surface area contributed by atoms with E-state index in [2.05, 4.69) is 44.3 Å². The number of nitrogens with one attached hydrogen (secondary N) is 1. The third-order valence-corrected chi connectivity index (χ3v) is 5.75. The van der Waals surface area contributed by atoms with E-state index in [1.807, 2.05) is 0 Å². The third-order valence-electron chi connectivity index (χ3n) is 3.74. The molecule has 0 aromatic heterocycles. The van der Waals surface area contributed by atoms with Gasteiger partial charge in [-0.3, -0.25) is 4.21 Å². The van der Waals surface area contributed by atoms with E-state index in [-0.39, 0.29) is 0 Å². The summed E-state index contributed by atoms with van der Waals surface area (Å²) < 4.78 is 12.6. The first kappa shape index (κ1) is 13.6. The van der Waals surface area contributed by atoms with Crippen LogP contribution in [-0.2, 0) is 17.3 Å². The van der Waals surface area contributed by atoms with Crippen LogP contribution in [0.4, 0.5) is 5.69 Å².